The summed E-state index contributed by atoms with van der Waals surface area (Å²) >= 11 is 1.48. The van der Waals surface area contributed by atoms with Crippen molar-refractivity contribution >= 4 is 24.2 Å². The van der Waals surface area contributed by atoms with Gasteiger partial charge in [0.1, 0.15) is 12.4 Å². The van der Waals surface area contributed by atoms with Crippen molar-refractivity contribution in [2.75, 3.05) is 7.11 Å². The van der Waals surface area contributed by atoms with Gasteiger partial charge in [-0.05, 0) is 0 Å². The van der Waals surface area contributed by atoms with Crippen LogP contribution in [0.1, 0.15) is 17.5 Å². The van der Waals surface area contributed by atoms with Crippen molar-refractivity contribution in [2.45, 2.75) is 24.1 Å². The molecule has 106 valence electrons. The molecule has 0 amide bonds. The van der Waals surface area contributed by atoms with Gasteiger partial charge < -0.3 is 19.6 Å². The van der Waals surface area contributed by atoms with Crippen LogP contribution in [0.2, 0.25) is 0 Å². The minimum absolute atomic E-state index is 0. The lowest BCUT2D eigenvalue weighted by atomic mass is 10.6. The molecule has 2 rings (SSSR count). The first-order valence-electron chi connectivity index (χ1n) is 5.26. The highest BCUT2D eigenvalue weighted by atomic mass is 35.5. The molecule has 0 unspecified atom stereocenters. The van der Waals surface area contributed by atoms with Crippen molar-refractivity contribution < 1.29 is 9.26 Å². The minimum Gasteiger partial charge on any atom is -0.375 e. The van der Waals surface area contributed by atoms with Gasteiger partial charge in [0.2, 0.25) is 0 Å². The normalized spacial score (nSPS) is 10.5. The van der Waals surface area contributed by atoms with Gasteiger partial charge in [0.25, 0.3) is 5.89 Å². The largest absolute Gasteiger partial charge is 0.375 e. The summed E-state index contributed by atoms with van der Waals surface area (Å²) in [6.45, 7) is 0.684. The number of nitrogens with zero attached hydrogens (tertiary/aromatic N) is 5. The highest BCUT2D eigenvalue weighted by Gasteiger charge is 2.11. The van der Waals surface area contributed by atoms with Crippen LogP contribution >= 0.6 is 24.2 Å². The fraction of sp³-hybridized carbons (Fsp3) is 0.556. The van der Waals surface area contributed by atoms with E-state index in [0.29, 0.717) is 30.6 Å². The molecule has 2 aromatic heterocycles. The molecule has 0 aliphatic heterocycles. The highest BCUT2D eigenvalue weighted by Crippen LogP contribution is 2.19. The molecular formula is C9H15ClN6O2S. The maximum atomic E-state index is 5.52. The van der Waals surface area contributed by atoms with E-state index in [1.807, 2.05) is 11.6 Å². The summed E-state index contributed by atoms with van der Waals surface area (Å²) in [6.07, 6.45) is 0. The minimum atomic E-state index is 0. The molecule has 8 nitrogen and oxygen atoms in total. The first-order valence-corrected chi connectivity index (χ1v) is 6.24. The standard InChI is InChI=1S/C9H14N6O2S.ClH/c1-15-7(3-10)12-13-9(15)18-5-6-11-8(4-16-2)17-14-6;/h3-5,10H2,1-2H3;1H. The molecule has 0 atom stereocenters. The molecule has 2 heterocycles. The molecule has 0 fully saturated rings. The monoisotopic (exact) mass is 306 g/mol. The third-order valence-electron chi connectivity index (χ3n) is 2.22. The van der Waals surface area contributed by atoms with Gasteiger partial charge in [0.15, 0.2) is 11.0 Å². The van der Waals surface area contributed by atoms with Crippen LogP contribution in [0.4, 0.5) is 0 Å². The second-order valence-electron chi connectivity index (χ2n) is 3.49. The third kappa shape index (κ3) is 3.90. The first kappa shape index (κ1) is 15.9. The molecule has 2 aromatic rings. The smallest absolute Gasteiger partial charge is 0.252 e. The lowest BCUT2D eigenvalue weighted by Gasteiger charge is -1.99. The maximum absolute atomic E-state index is 5.52. The Kier molecular flexibility index (Phi) is 6.22. The van der Waals surface area contributed by atoms with Gasteiger partial charge in [-0.3, -0.25) is 0 Å². The molecule has 0 saturated heterocycles. The molecule has 0 spiro atoms. The molecule has 0 bridgehead atoms. The van der Waals surface area contributed by atoms with E-state index in [4.69, 9.17) is 15.0 Å². The molecule has 0 aliphatic carbocycles. The van der Waals surface area contributed by atoms with Gasteiger partial charge in [0, 0.05) is 14.2 Å². The van der Waals surface area contributed by atoms with Crippen LogP contribution in [0.3, 0.4) is 0 Å². The zero-order valence-corrected chi connectivity index (χ0v) is 12.2. The van der Waals surface area contributed by atoms with E-state index < -0.39 is 0 Å². The molecule has 0 aromatic carbocycles. The molecular weight excluding hydrogens is 292 g/mol. The summed E-state index contributed by atoms with van der Waals surface area (Å²) in [5.41, 5.74) is 5.52. The molecule has 2 N–H and O–H groups in total. The van der Waals surface area contributed by atoms with Gasteiger partial charge >= 0.3 is 0 Å². The number of rotatable bonds is 6. The Morgan fingerprint density at radius 1 is 1.42 bits per heavy atom. The molecule has 0 radical (unpaired) electrons. The van der Waals surface area contributed by atoms with E-state index in [1.165, 1.54) is 11.8 Å². The van der Waals surface area contributed by atoms with E-state index in [-0.39, 0.29) is 12.4 Å². The van der Waals surface area contributed by atoms with Crippen LogP contribution < -0.4 is 5.73 Å². The van der Waals surface area contributed by atoms with Crippen LogP contribution in [0.25, 0.3) is 0 Å². The Hall–Kier alpha value is -1.16. The quantitative estimate of drug-likeness (QED) is 0.770. The van der Waals surface area contributed by atoms with Crippen LogP contribution in [0.15, 0.2) is 9.68 Å². The summed E-state index contributed by atoms with van der Waals surface area (Å²) in [5, 5.41) is 12.6. The fourth-order valence-electron chi connectivity index (χ4n) is 1.31. The second-order valence-corrected chi connectivity index (χ2v) is 4.43. The molecule has 19 heavy (non-hydrogen) atoms. The average Bonchev–Trinajstić information content (AvgIpc) is 2.94. The van der Waals surface area contributed by atoms with Crippen molar-refractivity contribution in [3.05, 3.63) is 17.5 Å². The summed E-state index contributed by atoms with van der Waals surface area (Å²) in [6, 6.07) is 0. The number of ether oxygens (including phenoxy) is 1. The summed E-state index contributed by atoms with van der Waals surface area (Å²) in [4.78, 5) is 4.17. The number of nitrogens with two attached hydrogens (primary N) is 1. The number of aromatic nitrogens is 5. The van der Waals surface area contributed by atoms with Crippen LogP contribution in [0, 0.1) is 0 Å². The van der Waals surface area contributed by atoms with Gasteiger partial charge in [-0.1, -0.05) is 16.9 Å². The lowest BCUT2D eigenvalue weighted by Crippen LogP contribution is -2.05. The van der Waals surface area contributed by atoms with E-state index in [1.54, 1.807) is 7.11 Å². The van der Waals surface area contributed by atoms with Crippen LogP contribution in [0.5, 0.6) is 0 Å². The van der Waals surface area contributed by atoms with Gasteiger partial charge in [-0.15, -0.1) is 22.6 Å². The van der Waals surface area contributed by atoms with Crippen molar-refractivity contribution in [1.82, 2.24) is 24.9 Å². The van der Waals surface area contributed by atoms with E-state index in [0.717, 1.165) is 11.0 Å². The number of hydrogen-bond acceptors (Lipinski definition) is 8. The SMILES string of the molecule is COCc1nc(CSc2nnc(CN)n2C)no1.Cl. The Balaban J connectivity index is 0.00000180. The number of thioether (sulfide) groups is 1. The Morgan fingerprint density at radius 3 is 2.84 bits per heavy atom. The van der Waals surface area contributed by atoms with Crippen molar-refractivity contribution in [1.29, 1.82) is 0 Å². The average molecular weight is 307 g/mol. The third-order valence-corrected chi connectivity index (χ3v) is 3.23. The van der Waals surface area contributed by atoms with E-state index in [2.05, 4.69) is 20.3 Å². The molecule has 0 aliphatic rings. The predicted molar refractivity (Wildman–Crippen MR) is 70.7 cm³/mol. The zero-order chi connectivity index (χ0) is 13.0. The Labute approximate surface area is 120 Å². The maximum Gasteiger partial charge on any atom is 0.252 e. The zero-order valence-electron chi connectivity index (χ0n) is 10.6. The van der Waals surface area contributed by atoms with E-state index >= 15 is 0 Å². The van der Waals surface area contributed by atoms with Crippen molar-refractivity contribution in [2.24, 2.45) is 12.8 Å². The van der Waals surface area contributed by atoms with Gasteiger partial charge in [-0.25, -0.2) is 0 Å². The number of halogens is 1. The predicted octanol–water partition coefficient (Wildman–Crippen LogP) is 0.517. The van der Waals surface area contributed by atoms with Crippen molar-refractivity contribution in [3.8, 4) is 0 Å². The topological polar surface area (TPSA) is 105 Å². The van der Waals surface area contributed by atoms with E-state index in [9.17, 15) is 0 Å². The van der Waals surface area contributed by atoms with Crippen molar-refractivity contribution in [3.63, 3.8) is 0 Å². The Bertz CT molecular complexity index is 517. The molecule has 10 heteroatoms. The number of methoxy groups -OCH3 is 1. The molecule has 0 saturated carbocycles. The summed E-state index contributed by atoms with van der Waals surface area (Å²) < 4.78 is 11.7. The first-order chi connectivity index (χ1) is 8.74. The second kappa shape index (κ2) is 7.43. The lowest BCUT2D eigenvalue weighted by molar-refractivity contribution is 0.151. The Morgan fingerprint density at radius 2 is 2.21 bits per heavy atom. The summed E-state index contributed by atoms with van der Waals surface area (Å²) in [7, 11) is 3.45. The summed E-state index contributed by atoms with van der Waals surface area (Å²) in [5.74, 6) is 2.37. The van der Waals surface area contributed by atoms with Crippen LogP contribution in [-0.2, 0) is 30.7 Å². The fourth-order valence-corrected chi connectivity index (χ4v) is 2.08. The van der Waals surface area contributed by atoms with Crippen LogP contribution in [-0.4, -0.2) is 32.0 Å². The van der Waals surface area contributed by atoms with Gasteiger partial charge in [0.05, 0.1) is 12.3 Å². The number of hydrogen-bond donors (Lipinski definition) is 1. The van der Waals surface area contributed by atoms with Gasteiger partial charge in [-0.2, -0.15) is 4.98 Å². The highest BCUT2D eigenvalue weighted by molar-refractivity contribution is 7.98.